The molecule has 6 nitrogen and oxygen atoms in total. The number of nitrogens with one attached hydrogen (secondary N) is 1. The molecule has 0 saturated carbocycles. The van der Waals surface area contributed by atoms with Gasteiger partial charge in [-0.15, -0.1) is 6.58 Å². The van der Waals surface area contributed by atoms with Crippen LogP contribution in [0.2, 0.25) is 0 Å². The maximum absolute atomic E-state index is 14.2. The van der Waals surface area contributed by atoms with E-state index in [1.807, 2.05) is 0 Å². The Morgan fingerprint density at radius 2 is 2.12 bits per heavy atom. The van der Waals surface area contributed by atoms with Gasteiger partial charge in [0.25, 0.3) is 0 Å². The maximum atomic E-state index is 14.2. The van der Waals surface area contributed by atoms with Crippen LogP contribution in [0.1, 0.15) is 18.5 Å². The molecular formula is C18H21FN2O4. The number of hydrogen-bond donors (Lipinski definition) is 1. The zero-order chi connectivity index (χ0) is 18.4. The maximum Gasteiger partial charge on any atom is 0.338 e. The van der Waals surface area contributed by atoms with Gasteiger partial charge in [0.2, 0.25) is 0 Å². The van der Waals surface area contributed by atoms with E-state index in [4.69, 9.17) is 9.47 Å². The number of carbonyl (C=O) groups is 2. The number of hydrogen-bond acceptors (Lipinski definition) is 4. The van der Waals surface area contributed by atoms with Crippen molar-refractivity contribution in [3.8, 4) is 0 Å². The quantitative estimate of drug-likeness (QED) is 0.467. The molecular weight excluding hydrogens is 327 g/mol. The predicted octanol–water partition coefficient (Wildman–Crippen LogP) is 2.54. The SMILES string of the molecule is C=CCN1C(=O)NC(c2ccccc2F)C(C(=O)OCCOC)=C1C. The number of allylic oxidation sites excluding steroid dienone is 1. The number of halogens is 1. The van der Waals surface area contributed by atoms with Crippen molar-refractivity contribution in [2.24, 2.45) is 0 Å². The summed E-state index contributed by atoms with van der Waals surface area (Å²) in [4.78, 5) is 26.3. The highest BCUT2D eigenvalue weighted by molar-refractivity contribution is 5.95. The minimum absolute atomic E-state index is 0.0610. The molecule has 1 heterocycles. The van der Waals surface area contributed by atoms with Crippen molar-refractivity contribution in [1.82, 2.24) is 10.2 Å². The Morgan fingerprint density at radius 3 is 2.76 bits per heavy atom. The lowest BCUT2D eigenvalue weighted by atomic mass is 9.94. The summed E-state index contributed by atoms with van der Waals surface area (Å²) in [6, 6.07) is 4.63. The van der Waals surface area contributed by atoms with Crippen LogP contribution in [-0.4, -0.2) is 43.8 Å². The van der Waals surface area contributed by atoms with E-state index in [2.05, 4.69) is 11.9 Å². The molecule has 25 heavy (non-hydrogen) atoms. The van der Waals surface area contributed by atoms with Crippen LogP contribution in [0.5, 0.6) is 0 Å². The molecule has 0 saturated heterocycles. The van der Waals surface area contributed by atoms with Crippen LogP contribution < -0.4 is 5.32 Å². The van der Waals surface area contributed by atoms with E-state index in [1.54, 1.807) is 25.1 Å². The van der Waals surface area contributed by atoms with E-state index in [-0.39, 0.29) is 30.9 Å². The molecule has 0 aromatic heterocycles. The monoisotopic (exact) mass is 348 g/mol. The number of urea groups is 1. The Morgan fingerprint density at radius 1 is 1.40 bits per heavy atom. The highest BCUT2D eigenvalue weighted by Crippen LogP contribution is 2.32. The fourth-order valence-electron chi connectivity index (χ4n) is 2.63. The number of carbonyl (C=O) groups excluding carboxylic acids is 2. The van der Waals surface area contributed by atoms with Crippen LogP contribution in [-0.2, 0) is 14.3 Å². The van der Waals surface area contributed by atoms with Gasteiger partial charge in [-0.25, -0.2) is 14.0 Å². The molecule has 0 aliphatic carbocycles. The smallest absolute Gasteiger partial charge is 0.338 e. The van der Waals surface area contributed by atoms with Gasteiger partial charge in [-0.2, -0.15) is 0 Å². The molecule has 1 aliphatic heterocycles. The summed E-state index contributed by atoms with van der Waals surface area (Å²) < 4.78 is 24.3. The van der Waals surface area contributed by atoms with Crippen molar-refractivity contribution >= 4 is 12.0 Å². The summed E-state index contributed by atoms with van der Waals surface area (Å²) in [5.74, 6) is -1.14. The van der Waals surface area contributed by atoms with Gasteiger partial charge in [-0.3, -0.25) is 4.90 Å². The summed E-state index contributed by atoms with van der Waals surface area (Å²) in [6.07, 6.45) is 1.54. The first-order chi connectivity index (χ1) is 12.0. The lowest BCUT2D eigenvalue weighted by molar-refractivity contribution is -0.140. The summed E-state index contributed by atoms with van der Waals surface area (Å²) in [6.45, 7) is 5.76. The molecule has 0 fully saturated rings. The van der Waals surface area contributed by atoms with Crippen LogP contribution in [0.25, 0.3) is 0 Å². The lowest BCUT2D eigenvalue weighted by Gasteiger charge is -2.35. The fourth-order valence-corrected chi connectivity index (χ4v) is 2.63. The number of amides is 2. The van der Waals surface area contributed by atoms with Crippen LogP contribution in [0.4, 0.5) is 9.18 Å². The Labute approximate surface area is 145 Å². The van der Waals surface area contributed by atoms with Gasteiger partial charge in [0.1, 0.15) is 12.4 Å². The average molecular weight is 348 g/mol. The predicted molar refractivity (Wildman–Crippen MR) is 90.1 cm³/mol. The second-order valence-corrected chi connectivity index (χ2v) is 5.43. The van der Waals surface area contributed by atoms with Gasteiger partial charge in [0.15, 0.2) is 0 Å². The minimum Gasteiger partial charge on any atom is -0.460 e. The largest absolute Gasteiger partial charge is 0.460 e. The first-order valence-electron chi connectivity index (χ1n) is 7.81. The first kappa shape index (κ1) is 18.7. The molecule has 1 aliphatic rings. The summed E-state index contributed by atoms with van der Waals surface area (Å²) in [7, 11) is 1.49. The minimum atomic E-state index is -0.926. The number of nitrogens with zero attached hydrogens (tertiary/aromatic N) is 1. The molecule has 1 aromatic carbocycles. The fraction of sp³-hybridized carbons (Fsp3) is 0.333. The highest BCUT2D eigenvalue weighted by atomic mass is 19.1. The van der Waals surface area contributed by atoms with Crippen molar-refractivity contribution in [3.05, 3.63) is 59.6 Å². The second-order valence-electron chi connectivity index (χ2n) is 5.43. The topological polar surface area (TPSA) is 67.9 Å². The van der Waals surface area contributed by atoms with E-state index in [9.17, 15) is 14.0 Å². The van der Waals surface area contributed by atoms with Crippen LogP contribution in [0.15, 0.2) is 48.2 Å². The van der Waals surface area contributed by atoms with E-state index in [1.165, 1.54) is 24.1 Å². The third-order valence-corrected chi connectivity index (χ3v) is 3.86. The second kappa shape index (κ2) is 8.43. The lowest BCUT2D eigenvalue weighted by Crippen LogP contribution is -2.48. The number of benzene rings is 1. The normalized spacial score (nSPS) is 17.3. The molecule has 2 rings (SSSR count). The van der Waals surface area contributed by atoms with Crippen LogP contribution in [0, 0.1) is 5.82 Å². The van der Waals surface area contributed by atoms with Crippen molar-refractivity contribution in [2.75, 3.05) is 26.9 Å². The van der Waals surface area contributed by atoms with Crippen molar-refractivity contribution in [3.63, 3.8) is 0 Å². The average Bonchev–Trinajstić information content (AvgIpc) is 2.58. The van der Waals surface area contributed by atoms with Gasteiger partial charge in [-0.05, 0) is 13.0 Å². The molecule has 0 radical (unpaired) electrons. The van der Waals surface area contributed by atoms with Crippen LogP contribution >= 0.6 is 0 Å². The Bertz CT molecular complexity index is 702. The molecule has 1 N–H and O–H groups in total. The Balaban J connectivity index is 2.45. The number of rotatable bonds is 7. The zero-order valence-corrected chi connectivity index (χ0v) is 14.3. The van der Waals surface area contributed by atoms with Gasteiger partial charge in [0.05, 0.1) is 18.2 Å². The Hall–Kier alpha value is -2.67. The van der Waals surface area contributed by atoms with E-state index in [0.717, 1.165) is 0 Å². The summed E-state index contributed by atoms with van der Waals surface area (Å²) in [5.41, 5.74) is 0.786. The first-order valence-corrected chi connectivity index (χ1v) is 7.81. The molecule has 1 atom stereocenters. The molecule has 0 bridgehead atoms. The van der Waals surface area contributed by atoms with E-state index in [0.29, 0.717) is 5.70 Å². The molecule has 134 valence electrons. The number of ether oxygens (including phenoxy) is 2. The zero-order valence-electron chi connectivity index (χ0n) is 14.3. The third kappa shape index (κ3) is 4.06. The van der Waals surface area contributed by atoms with Gasteiger partial charge in [0, 0.05) is 24.9 Å². The molecule has 2 amide bonds. The highest BCUT2D eigenvalue weighted by Gasteiger charge is 2.37. The van der Waals surface area contributed by atoms with Crippen molar-refractivity contribution in [2.45, 2.75) is 13.0 Å². The molecule has 1 unspecified atom stereocenters. The van der Waals surface area contributed by atoms with Gasteiger partial charge >= 0.3 is 12.0 Å². The van der Waals surface area contributed by atoms with Crippen molar-refractivity contribution < 1.29 is 23.5 Å². The summed E-state index contributed by atoms with van der Waals surface area (Å²) in [5, 5.41) is 2.67. The van der Waals surface area contributed by atoms with E-state index < -0.39 is 23.9 Å². The summed E-state index contributed by atoms with van der Waals surface area (Å²) >= 11 is 0. The standard InChI is InChI=1S/C18H21FN2O4/c1-4-9-21-12(2)15(17(22)25-11-10-24-3)16(20-18(21)23)13-7-5-6-8-14(13)19/h4-8,16H,1,9-11H2,2-3H3,(H,20,23). The van der Waals surface area contributed by atoms with Gasteiger partial charge in [-0.1, -0.05) is 24.3 Å². The van der Waals surface area contributed by atoms with Crippen LogP contribution in [0.3, 0.4) is 0 Å². The van der Waals surface area contributed by atoms with Gasteiger partial charge < -0.3 is 14.8 Å². The number of methoxy groups -OCH3 is 1. The third-order valence-electron chi connectivity index (χ3n) is 3.86. The van der Waals surface area contributed by atoms with E-state index >= 15 is 0 Å². The van der Waals surface area contributed by atoms with Crippen molar-refractivity contribution in [1.29, 1.82) is 0 Å². The Kier molecular flexibility index (Phi) is 6.30. The molecule has 7 heteroatoms. The number of esters is 1. The molecule has 1 aromatic rings. The molecule has 0 spiro atoms.